The van der Waals surface area contributed by atoms with Gasteiger partial charge in [0.25, 0.3) is 0 Å². The zero-order valence-corrected chi connectivity index (χ0v) is 19.1. The second-order valence-corrected chi connectivity index (χ2v) is 11.3. The Bertz CT molecular complexity index is 895. The van der Waals surface area contributed by atoms with Crippen LogP contribution in [0.2, 0.25) is 0 Å². The van der Waals surface area contributed by atoms with Gasteiger partial charge < -0.3 is 19.6 Å². The van der Waals surface area contributed by atoms with Crippen LogP contribution in [0.1, 0.15) is 32.6 Å². The summed E-state index contributed by atoms with van der Waals surface area (Å²) in [4.78, 5) is 19.8. The molecule has 0 radical (unpaired) electrons. The van der Waals surface area contributed by atoms with Crippen molar-refractivity contribution in [3.63, 3.8) is 0 Å². The number of carbonyl (C=O) groups is 1. The van der Waals surface area contributed by atoms with Crippen LogP contribution < -0.4 is 9.64 Å². The molecule has 0 aromatic carbocycles. The largest absolute Gasteiger partial charge is 0.477 e. The van der Waals surface area contributed by atoms with Gasteiger partial charge >= 0.3 is 6.09 Å². The summed E-state index contributed by atoms with van der Waals surface area (Å²) in [5, 5.41) is 9.53. The summed E-state index contributed by atoms with van der Waals surface area (Å²) in [7, 11) is -3.14. The number of amides is 1. The number of hydrogen-bond acceptors (Lipinski definition) is 6. The summed E-state index contributed by atoms with van der Waals surface area (Å²) >= 11 is 0. The number of hydrogen-bond donors (Lipinski definition) is 1. The number of piperidine rings is 1. The molecular weight excluding hydrogens is 420 g/mol. The van der Waals surface area contributed by atoms with Crippen molar-refractivity contribution in [3.05, 3.63) is 18.3 Å². The molecule has 3 fully saturated rings. The number of pyridine rings is 1. The van der Waals surface area contributed by atoms with Gasteiger partial charge in [-0.25, -0.2) is 18.2 Å². The Morgan fingerprint density at radius 2 is 1.94 bits per heavy atom. The van der Waals surface area contributed by atoms with Crippen molar-refractivity contribution >= 4 is 21.8 Å². The first-order valence-corrected chi connectivity index (χ1v) is 12.8. The second kappa shape index (κ2) is 8.46. The number of nitrogens with zero attached hydrogens (tertiary/aromatic N) is 4. The Hall–Kier alpha value is -2.07. The molecule has 10 heteroatoms. The molecule has 1 N–H and O–H groups in total. The summed E-state index contributed by atoms with van der Waals surface area (Å²) in [5.74, 6) is 0.886. The molecule has 31 heavy (non-hydrogen) atoms. The average Bonchev–Trinajstić information content (AvgIpc) is 3.50. The summed E-state index contributed by atoms with van der Waals surface area (Å²) in [6, 6.07) is 3.89. The molecule has 0 bridgehead atoms. The lowest BCUT2D eigenvalue weighted by atomic mass is 9.83. The van der Waals surface area contributed by atoms with Crippen LogP contribution in [0, 0.1) is 11.3 Å². The van der Waals surface area contributed by atoms with Crippen molar-refractivity contribution in [2.45, 2.75) is 38.6 Å². The summed E-state index contributed by atoms with van der Waals surface area (Å²) in [6.07, 6.45) is 6.04. The molecule has 9 nitrogen and oxygen atoms in total. The number of anilines is 1. The Labute approximate surface area is 184 Å². The van der Waals surface area contributed by atoms with E-state index in [0.29, 0.717) is 51.1 Å². The molecule has 2 aliphatic heterocycles. The fourth-order valence-corrected chi connectivity index (χ4v) is 5.56. The molecule has 3 aliphatic rings. The van der Waals surface area contributed by atoms with Gasteiger partial charge in [-0.05, 0) is 43.1 Å². The monoisotopic (exact) mass is 452 g/mol. The van der Waals surface area contributed by atoms with Gasteiger partial charge in [0.1, 0.15) is 0 Å². The summed E-state index contributed by atoms with van der Waals surface area (Å²) in [5.41, 5.74) is 1.08. The first-order chi connectivity index (χ1) is 14.7. The number of carboxylic acid groups (broad SMARTS) is 1. The number of aromatic nitrogens is 1. The molecular formula is C21H32N4O5S. The van der Waals surface area contributed by atoms with Crippen molar-refractivity contribution in [2.75, 3.05) is 50.5 Å². The maximum absolute atomic E-state index is 11.7. The fourth-order valence-electron chi connectivity index (χ4n) is 4.74. The van der Waals surface area contributed by atoms with Gasteiger partial charge in [0.05, 0.1) is 24.7 Å². The number of ether oxygens (including phenoxy) is 1. The van der Waals surface area contributed by atoms with Crippen LogP contribution in [0.5, 0.6) is 5.88 Å². The van der Waals surface area contributed by atoms with E-state index in [0.717, 1.165) is 31.4 Å². The van der Waals surface area contributed by atoms with Gasteiger partial charge in [-0.15, -0.1) is 0 Å². The quantitative estimate of drug-likeness (QED) is 0.705. The van der Waals surface area contributed by atoms with E-state index in [4.69, 9.17) is 4.74 Å². The molecule has 1 amide bonds. The molecule has 1 saturated carbocycles. The number of sulfonamides is 1. The molecule has 0 spiro atoms. The van der Waals surface area contributed by atoms with E-state index in [1.54, 1.807) is 11.1 Å². The van der Waals surface area contributed by atoms with Crippen molar-refractivity contribution in [1.82, 2.24) is 14.2 Å². The molecule has 1 aliphatic carbocycles. The lowest BCUT2D eigenvalue weighted by Gasteiger charge is -2.41. The Balaban J connectivity index is 1.29. The van der Waals surface area contributed by atoms with Gasteiger partial charge in [-0.2, -0.15) is 4.31 Å². The van der Waals surface area contributed by atoms with Gasteiger partial charge in [0, 0.05) is 44.8 Å². The highest BCUT2D eigenvalue weighted by atomic mass is 32.2. The predicted octanol–water partition coefficient (Wildman–Crippen LogP) is 2.10. The van der Waals surface area contributed by atoms with Gasteiger partial charge in [0.2, 0.25) is 15.9 Å². The van der Waals surface area contributed by atoms with Crippen molar-refractivity contribution in [3.8, 4) is 5.88 Å². The Morgan fingerprint density at radius 1 is 1.23 bits per heavy atom. The van der Waals surface area contributed by atoms with E-state index < -0.39 is 16.1 Å². The highest BCUT2D eigenvalue weighted by Gasteiger charge is 2.50. The normalized spacial score (nSPS) is 26.5. The lowest BCUT2D eigenvalue weighted by molar-refractivity contribution is 0.0483. The van der Waals surface area contributed by atoms with Crippen LogP contribution in [0.3, 0.4) is 0 Å². The number of rotatable bonds is 6. The van der Waals surface area contributed by atoms with E-state index >= 15 is 0 Å². The average molecular weight is 453 g/mol. The molecule has 1 aromatic rings. The van der Waals surface area contributed by atoms with E-state index in [-0.39, 0.29) is 11.5 Å². The maximum Gasteiger partial charge on any atom is 0.407 e. The molecule has 2 saturated heterocycles. The maximum atomic E-state index is 11.7. The van der Waals surface area contributed by atoms with Crippen molar-refractivity contribution < 1.29 is 23.1 Å². The second-order valence-electron chi connectivity index (χ2n) is 9.35. The minimum atomic E-state index is -3.14. The van der Waals surface area contributed by atoms with Crippen LogP contribution in [-0.2, 0) is 10.0 Å². The van der Waals surface area contributed by atoms with Crippen molar-refractivity contribution in [2.24, 2.45) is 11.3 Å². The van der Waals surface area contributed by atoms with Gasteiger partial charge in [-0.1, -0.05) is 6.92 Å². The van der Waals surface area contributed by atoms with Crippen LogP contribution in [0.15, 0.2) is 18.3 Å². The van der Waals surface area contributed by atoms with Crippen molar-refractivity contribution in [1.29, 1.82) is 0 Å². The van der Waals surface area contributed by atoms with E-state index in [1.807, 2.05) is 12.1 Å². The third-order valence-corrected chi connectivity index (χ3v) is 8.36. The molecule has 1 aromatic heterocycles. The highest BCUT2D eigenvalue weighted by Crippen LogP contribution is 2.53. The minimum absolute atomic E-state index is 0.0771. The lowest BCUT2D eigenvalue weighted by Crippen LogP contribution is -2.50. The summed E-state index contributed by atoms with van der Waals surface area (Å²) < 4.78 is 30.7. The Kier molecular flexibility index (Phi) is 6.04. The zero-order valence-electron chi connectivity index (χ0n) is 18.2. The standard InChI is InChI=1S/C21H32N4O5S/c1-21(6-7-21)18-13-16(5-8-25(18)20(26)27)15-30-19-4-3-17(14-22-19)23-9-11-24(12-10-23)31(2,28)29/h3-4,14,16,18H,5-13,15H2,1-2H3,(H,26,27). The molecule has 4 rings (SSSR count). The van der Waals surface area contributed by atoms with Crippen LogP contribution in [0.25, 0.3) is 0 Å². The van der Waals surface area contributed by atoms with Crippen LogP contribution >= 0.6 is 0 Å². The third kappa shape index (κ3) is 5.06. The highest BCUT2D eigenvalue weighted by molar-refractivity contribution is 7.88. The minimum Gasteiger partial charge on any atom is -0.477 e. The SMILES string of the molecule is CC1(C2CC(COc3ccc(N4CCN(S(C)(=O)=O)CC4)cn3)CCN2C(=O)O)CC1. The smallest absolute Gasteiger partial charge is 0.407 e. The number of piperazine rings is 1. The third-order valence-electron chi connectivity index (χ3n) is 7.06. The number of likely N-dealkylation sites (tertiary alicyclic amines) is 1. The molecule has 172 valence electrons. The fraction of sp³-hybridized carbons (Fsp3) is 0.714. The predicted molar refractivity (Wildman–Crippen MR) is 117 cm³/mol. The Morgan fingerprint density at radius 3 is 2.48 bits per heavy atom. The molecule has 2 atom stereocenters. The first kappa shape index (κ1) is 22.1. The molecule has 3 heterocycles. The first-order valence-electron chi connectivity index (χ1n) is 10.9. The zero-order chi connectivity index (χ0) is 22.2. The van der Waals surface area contributed by atoms with Gasteiger partial charge in [0.15, 0.2) is 0 Å². The van der Waals surface area contributed by atoms with E-state index in [9.17, 15) is 18.3 Å². The molecule has 2 unspecified atom stereocenters. The van der Waals surface area contributed by atoms with Crippen LogP contribution in [0.4, 0.5) is 10.5 Å². The van der Waals surface area contributed by atoms with Gasteiger partial charge in [-0.3, -0.25) is 0 Å². The summed E-state index contributed by atoms with van der Waals surface area (Å²) in [6.45, 7) is 5.52. The topological polar surface area (TPSA) is 103 Å². The van der Waals surface area contributed by atoms with E-state index in [1.165, 1.54) is 10.6 Å². The van der Waals surface area contributed by atoms with Crippen LogP contribution in [-0.4, -0.2) is 85.4 Å². The van der Waals surface area contributed by atoms with E-state index in [2.05, 4.69) is 16.8 Å².